The molecule has 0 saturated heterocycles. The largest absolute Gasteiger partial charge is 0.416 e. The molecule has 0 fully saturated rings. The molecule has 2 rings (SSSR count). The SMILES string of the molecule is Cc1ccc(NCc2cccc(C(F)(F)F)c2)c(C)n1. The van der Waals surface area contributed by atoms with Crippen LogP contribution in [-0.2, 0) is 12.7 Å². The molecule has 2 aromatic rings. The fourth-order valence-corrected chi connectivity index (χ4v) is 1.93. The van der Waals surface area contributed by atoms with Crippen molar-refractivity contribution in [2.45, 2.75) is 26.6 Å². The Labute approximate surface area is 115 Å². The fraction of sp³-hybridized carbons (Fsp3) is 0.267. The lowest BCUT2D eigenvalue weighted by atomic mass is 10.1. The molecule has 1 N–H and O–H groups in total. The van der Waals surface area contributed by atoms with E-state index in [1.54, 1.807) is 6.07 Å². The second-order valence-corrected chi connectivity index (χ2v) is 4.64. The van der Waals surface area contributed by atoms with E-state index in [9.17, 15) is 13.2 Å². The Balaban J connectivity index is 2.11. The second kappa shape index (κ2) is 5.53. The van der Waals surface area contributed by atoms with Gasteiger partial charge in [-0.05, 0) is 43.7 Å². The molecule has 0 aliphatic carbocycles. The molecule has 0 radical (unpaired) electrons. The van der Waals surface area contributed by atoms with Gasteiger partial charge in [0.2, 0.25) is 0 Å². The van der Waals surface area contributed by atoms with Crippen molar-refractivity contribution in [3.63, 3.8) is 0 Å². The van der Waals surface area contributed by atoms with Crippen LogP contribution in [-0.4, -0.2) is 4.98 Å². The summed E-state index contributed by atoms with van der Waals surface area (Å²) < 4.78 is 37.8. The minimum Gasteiger partial charge on any atom is -0.380 e. The topological polar surface area (TPSA) is 24.9 Å². The molecular weight excluding hydrogens is 265 g/mol. The lowest BCUT2D eigenvalue weighted by Gasteiger charge is -2.11. The van der Waals surface area contributed by atoms with Crippen LogP contribution in [0.4, 0.5) is 18.9 Å². The van der Waals surface area contributed by atoms with Crippen LogP contribution in [0.15, 0.2) is 36.4 Å². The summed E-state index contributed by atoms with van der Waals surface area (Å²) in [5.74, 6) is 0. The number of pyridine rings is 1. The number of benzene rings is 1. The van der Waals surface area contributed by atoms with Gasteiger partial charge in [-0.3, -0.25) is 4.98 Å². The van der Waals surface area contributed by atoms with Crippen molar-refractivity contribution in [2.75, 3.05) is 5.32 Å². The highest BCUT2D eigenvalue weighted by molar-refractivity contribution is 5.48. The Kier molecular flexibility index (Phi) is 3.97. The van der Waals surface area contributed by atoms with E-state index in [2.05, 4.69) is 10.3 Å². The molecule has 1 heterocycles. The van der Waals surface area contributed by atoms with Crippen LogP contribution < -0.4 is 5.32 Å². The number of halogens is 3. The number of hydrogen-bond acceptors (Lipinski definition) is 2. The van der Waals surface area contributed by atoms with Crippen molar-refractivity contribution in [1.29, 1.82) is 0 Å². The number of aromatic nitrogens is 1. The van der Waals surface area contributed by atoms with Crippen molar-refractivity contribution in [2.24, 2.45) is 0 Å². The van der Waals surface area contributed by atoms with Gasteiger partial charge < -0.3 is 5.32 Å². The third-order valence-electron chi connectivity index (χ3n) is 2.96. The van der Waals surface area contributed by atoms with E-state index in [0.717, 1.165) is 29.2 Å². The monoisotopic (exact) mass is 280 g/mol. The van der Waals surface area contributed by atoms with Gasteiger partial charge in [-0.2, -0.15) is 13.2 Å². The van der Waals surface area contributed by atoms with Gasteiger partial charge in [0, 0.05) is 12.2 Å². The van der Waals surface area contributed by atoms with Crippen LogP contribution >= 0.6 is 0 Å². The van der Waals surface area contributed by atoms with Crippen molar-refractivity contribution in [3.05, 3.63) is 58.9 Å². The highest BCUT2D eigenvalue weighted by Gasteiger charge is 2.30. The number of anilines is 1. The number of rotatable bonds is 3. The van der Waals surface area contributed by atoms with Crippen molar-refractivity contribution in [3.8, 4) is 0 Å². The van der Waals surface area contributed by atoms with Gasteiger partial charge in [-0.25, -0.2) is 0 Å². The standard InChI is InChI=1S/C15H15F3N2/c1-10-6-7-14(11(2)20-10)19-9-12-4-3-5-13(8-12)15(16,17)18/h3-8,19H,9H2,1-2H3. The molecule has 0 saturated carbocycles. The Morgan fingerprint density at radius 1 is 1.10 bits per heavy atom. The number of nitrogens with one attached hydrogen (secondary N) is 1. The first-order chi connectivity index (χ1) is 9.36. The molecule has 1 aromatic carbocycles. The summed E-state index contributed by atoms with van der Waals surface area (Å²) in [5.41, 5.74) is 2.52. The molecule has 0 aliphatic heterocycles. The van der Waals surface area contributed by atoms with Gasteiger partial charge in [0.15, 0.2) is 0 Å². The number of alkyl halides is 3. The lowest BCUT2D eigenvalue weighted by molar-refractivity contribution is -0.137. The molecule has 2 nitrogen and oxygen atoms in total. The van der Waals surface area contributed by atoms with Crippen LogP contribution in [0.2, 0.25) is 0 Å². The number of nitrogens with zero attached hydrogens (tertiary/aromatic N) is 1. The molecule has 5 heteroatoms. The molecule has 1 aromatic heterocycles. The first-order valence-electron chi connectivity index (χ1n) is 6.20. The molecule has 0 amide bonds. The molecule has 0 atom stereocenters. The minimum absolute atomic E-state index is 0.329. The predicted octanol–water partition coefficient (Wildman–Crippen LogP) is 4.33. The first kappa shape index (κ1) is 14.4. The molecule has 0 aliphatic rings. The van der Waals surface area contributed by atoms with Crippen LogP contribution in [0.25, 0.3) is 0 Å². The Morgan fingerprint density at radius 3 is 2.50 bits per heavy atom. The molecule has 106 valence electrons. The smallest absolute Gasteiger partial charge is 0.380 e. The van der Waals surface area contributed by atoms with Crippen molar-refractivity contribution < 1.29 is 13.2 Å². The zero-order valence-electron chi connectivity index (χ0n) is 11.3. The van der Waals surface area contributed by atoms with Gasteiger partial charge in [0.25, 0.3) is 0 Å². The average Bonchev–Trinajstić information content (AvgIpc) is 2.37. The second-order valence-electron chi connectivity index (χ2n) is 4.64. The zero-order chi connectivity index (χ0) is 14.8. The Bertz CT molecular complexity index is 606. The lowest BCUT2D eigenvalue weighted by Crippen LogP contribution is -2.07. The van der Waals surface area contributed by atoms with Crippen molar-refractivity contribution >= 4 is 5.69 Å². The van der Waals surface area contributed by atoms with Gasteiger partial charge in [-0.1, -0.05) is 12.1 Å². The van der Waals surface area contributed by atoms with E-state index in [4.69, 9.17) is 0 Å². The maximum atomic E-state index is 12.6. The molecule has 20 heavy (non-hydrogen) atoms. The number of hydrogen-bond donors (Lipinski definition) is 1. The average molecular weight is 280 g/mol. The third kappa shape index (κ3) is 3.50. The zero-order valence-corrected chi connectivity index (χ0v) is 11.3. The van der Waals surface area contributed by atoms with E-state index < -0.39 is 11.7 Å². The van der Waals surface area contributed by atoms with E-state index >= 15 is 0 Å². The van der Waals surface area contributed by atoms with E-state index in [-0.39, 0.29) is 0 Å². The quantitative estimate of drug-likeness (QED) is 0.905. The summed E-state index contributed by atoms with van der Waals surface area (Å²) >= 11 is 0. The van der Waals surface area contributed by atoms with Gasteiger partial charge in [-0.15, -0.1) is 0 Å². The Morgan fingerprint density at radius 2 is 1.85 bits per heavy atom. The molecule has 0 spiro atoms. The molecule has 0 bridgehead atoms. The molecule has 0 unspecified atom stereocenters. The summed E-state index contributed by atoms with van der Waals surface area (Å²) in [6.07, 6.45) is -4.31. The van der Waals surface area contributed by atoms with E-state index in [1.807, 2.05) is 26.0 Å². The third-order valence-corrected chi connectivity index (χ3v) is 2.96. The summed E-state index contributed by atoms with van der Waals surface area (Å²) in [7, 11) is 0. The maximum Gasteiger partial charge on any atom is 0.416 e. The summed E-state index contributed by atoms with van der Waals surface area (Å²) in [4.78, 5) is 4.30. The maximum absolute atomic E-state index is 12.6. The number of aryl methyl sites for hydroxylation is 2. The van der Waals surface area contributed by atoms with Crippen LogP contribution in [0, 0.1) is 13.8 Å². The van der Waals surface area contributed by atoms with Crippen LogP contribution in [0.3, 0.4) is 0 Å². The summed E-state index contributed by atoms with van der Waals surface area (Å²) in [5, 5.41) is 3.11. The Hall–Kier alpha value is -2.04. The first-order valence-corrected chi connectivity index (χ1v) is 6.20. The van der Waals surface area contributed by atoms with Crippen LogP contribution in [0.1, 0.15) is 22.5 Å². The predicted molar refractivity (Wildman–Crippen MR) is 72.5 cm³/mol. The van der Waals surface area contributed by atoms with Crippen molar-refractivity contribution in [1.82, 2.24) is 4.98 Å². The summed E-state index contributed by atoms with van der Waals surface area (Å²) in [6.45, 7) is 4.08. The fourth-order valence-electron chi connectivity index (χ4n) is 1.93. The highest BCUT2D eigenvalue weighted by atomic mass is 19.4. The van der Waals surface area contributed by atoms with Gasteiger partial charge >= 0.3 is 6.18 Å². The minimum atomic E-state index is -4.31. The van der Waals surface area contributed by atoms with E-state index in [1.165, 1.54) is 6.07 Å². The highest BCUT2D eigenvalue weighted by Crippen LogP contribution is 2.29. The normalized spacial score (nSPS) is 11.4. The van der Waals surface area contributed by atoms with Crippen LogP contribution in [0.5, 0.6) is 0 Å². The van der Waals surface area contributed by atoms with Gasteiger partial charge in [0.1, 0.15) is 0 Å². The van der Waals surface area contributed by atoms with E-state index in [0.29, 0.717) is 12.1 Å². The molecular formula is C15H15F3N2. The van der Waals surface area contributed by atoms with Gasteiger partial charge in [0.05, 0.1) is 16.9 Å². The summed E-state index contributed by atoms with van der Waals surface area (Å²) in [6, 6.07) is 9.05.